The second kappa shape index (κ2) is 9.13. The summed E-state index contributed by atoms with van der Waals surface area (Å²) in [6, 6.07) is 17.2. The highest BCUT2D eigenvalue weighted by atomic mass is 35.5. The number of halogens is 2. The molecule has 0 fully saturated rings. The Balaban J connectivity index is 1.79. The van der Waals surface area contributed by atoms with E-state index in [9.17, 15) is 0 Å². The van der Waals surface area contributed by atoms with Crippen LogP contribution in [0.15, 0.2) is 59.6 Å². The minimum absolute atomic E-state index is 0.364. The highest BCUT2D eigenvalue weighted by Crippen LogP contribution is 2.36. The van der Waals surface area contributed by atoms with Gasteiger partial charge in [0.2, 0.25) is 0 Å². The Morgan fingerprint density at radius 2 is 1.68 bits per heavy atom. The van der Waals surface area contributed by atoms with Gasteiger partial charge in [0.15, 0.2) is 11.5 Å². The maximum absolute atomic E-state index is 6.44. The SMILES string of the molecule is COc1cc(C=Nc2ccc(C)c(C)c2)cc(Cl)c1OCc1ccc(Cl)cc1. The Kier molecular flexibility index (Phi) is 6.61. The number of hydrogen-bond acceptors (Lipinski definition) is 3. The van der Waals surface area contributed by atoms with Gasteiger partial charge >= 0.3 is 0 Å². The number of rotatable bonds is 6. The van der Waals surface area contributed by atoms with Crippen molar-refractivity contribution in [2.45, 2.75) is 20.5 Å². The van der Waals surface area contributed by atoms with Crippen LogP contribution in [-0.4, -0.2) is 13.3 Å². The molecule has 0 aliphatic rings. The third kappa shape index (κ3) is 5.06. The van der Waals surface area contributed by atoms with Crippen molar-refractivity contribution in [1.29, 1.82) is 0 Å². The molecule has 144 valence electrons. The summed E-state index contributed by atoms with van der Waals surface area (Å²) in [5.74, 6) is 1.06. The molecule has 0 aromatic heterocycles. The van der Waals surface area contributed by atoms with Crippen LogP contribution in [-0.2, 0) is 6.61 Å². The van der Waals surface area contributed by atoms with E-state index in [1.165, 1.54) is 11.1 Å². The lowest BCUT2D eigenvalue weighted by Gasteiger charge is -2.13. The van der Waals surface area contributed by atoms with Gasteiger partial charge in [-0.25, -0.2) is 0 Å². The highest BCUT2D eigenvalue weighted by Gasteiger charge is 2.12. The standard InChI is InChI=1S/C23H21Cl2NO2/c1-15-4-9-20(10-16(15)2)26-13-18-11-21(25)23(22(12-18)27-3)28-14-17-5-7-19(24)8-6-17/h4-13H,14H2,1-3H3. The van der Waals surface area contributed by atoms with E-state index >= 15 is 0 Å². The zero-order chi connectivity index (χ0) is 20.1. The Morgan fingerprint density at radius 1 is 0.929 bits per heavy atom. The summed E-state index contributed by atoms with van der Waals surface area (Å²) < 4.78 is 11.4. The van der Waals surface area contributed by atoms with Crippen LogP contribution in [0.3, 0.4) is 0 Å². The van der Waals surface area contributed by atoms with Crippen molar-refractivity contribution < 1.29 is 9.47 Å². The zero-order valence-corrected chi connectivity index (χ0v) is 17.5. The molecule has 28 heavy (non-hydrogen) atoms. The van der Waals surface area contributed by atoms with Gasteiger partial charge in [-0.1, -0.05) is 41.4 Å². The van der Waals surface area contributed by atoms with Gasteiger partial charge in [-0.2, -0.15) is 0 Å². The molecule has 0 unspecified atom stereocenters. The lowest BCUT2D eigenvalue weighted by Crippen LogP contribution is -1.99. The van der Waals surface area contributed by atoms with E-state index in [4.69, 9.17) is 32.7 Å². The summed E-state index contributed by atoms with van der Waals surface area (Å²) in [5, 5.41) is 1.15. The van der Waals surface area contributed by atoms with Gasteiger partial charge in [-0.3, -0.25) is 4.99 Å². The van der Waals surface area contributed by atoms with Crippen LogP contribution < -0.4 is 9.47 Å². The topological polar surface area (TPSA) is 30.8 Å². The first-order valence-corrected chi connectivity index (χ1v) is 9.58. The maximum Gasteiger partial charge on any atom is 0.180 e. The summed E-state index contributed by atoms with van der Waals surface area (Å²) in [6.45, 7) is 4.51. The monoisotopic (exact) mass is 413 g/mol. The van der Waals surface area contributed by atoms with E-state index in [2.05, 4.69) is 24.9 Å². The fraction of sp³-hybridized carbons (Fsp3) is 0.174. The fourth-order valence-electron chi connectivity index (χ4n) is 2.65. The summed E-state index contributed by atoms with van der Waals surface area (Å²) in [4.78, 5) is 4.53. The normalized spacial score (nSPS) is 11.0. The molecule has 0 bridgehead atoms. The number of benzene rings is 3. The Bertz CT molecular complexity index is 998. The van der Waals surface area contributed by atoms with Gasteiger partial charge < -0.3 is 9.47 Å². The van der Waals surface area contributed by atoms with E-state index < -0.39 is 0 Å². The minimum atomic E-state index is 0.364. The smallest absolute Gasteiger partial charge is 0.180 e. The van der Waals surface area contributed by atoms with Crippen LogP contribution in [0.25, 0.3) is 0 Å². The molecular formula is C23H21Cl2NO2. The molecule has 3 aromatic rings. The van der Waals surface area contributed by atoms with Crippen molar-refractivity contribution in [3.8, 4) is 11.5 Å². The predicted molar refractivity (Wildman–Crippen MR) is 117 cm³/mol. The van der Waals surface area contributed by atoms with Crippen molar-refractivity contribution in [3.05, 3.63) is 86.9 Å². The number of aryl methyl sites for hydroxylation is 2. The molecule has 0 saturated heterocycles. The van der Waals surface area contributed by atoms with E-state index in [0.717, 1.165) is 16.8 Å². The van der Waals surface area contributed by atoms with Crippen LogP contribution in [0.4, 0.5) is 5.69 Å². The molecule has 3 rings (SSSR count). The molecule has 0 radical (unpaired) electrons. The first-order valence-electron chi connectivity index (χ1n) is 8.82. The molecule has 5 heteroatoms. The number of ether oxygens (including phenoxy) is 2. The van der Waals surface area contributed by atoms with E-state index in [0.29, 0.717) is 28.2 Å². The Labute approximate surface area is 175 Å². The van der Waals surface area contributed by atoms with E-state index in [1.807, 2.05) is 48.5 Å². The molecule has 0 amide bonds. The van der Waals surface area contributed by atoms with Crippen LogP contribution >= 0.6 is 23.2 Å². The number of aliphatic imine (C=N–C) groups is 1. The van der Waals surface area contributed by atoms with Gasteiger partial charge in [0, 0.05) is 11.2 Å². The summed E-state index contributed by atoms with van der Waals surface area (Å²) >= 11 is 12.4. The van der Waals surface area contributed by atoms with E-state index in [1.54, 1.807) is 13.3 Å². The van der Waals surface area contributed by atoms with Crippen LogP contribution in [0.1, 0.15) is 22.3 Å². The average Bonchev–Trinajstić information content (AvgIpc) is 2.69. The molecule has 0 spiro atoms. The molecule has 0 N–H and O–H groups in total. The van der Waals surface area contributed by atoms with E-state index in [-0.39, 0.29) is 0 Å². The van der Waals surface area contributed by atoms with Gasteiger partial charge in [-0.05, 0) is 72.5 Å². The lowest BCUT2D eigenvalue weighted by atomic mass is 10.1. The van der Waals surface area contributed by atoms with Crippen molar-refractivity contribution in [3.63, 3.8) is 0 Å². The average molecular weight is 414 g/mol. The predicted octanol–water partition coefficient (Wildman–Crippen LogP) is 6.95. The molecule has 0 heterocycles. The second-order valence-electron chi connectivity index (χ2n) is 6.48. The van der Waals surface area contributed by atoms with Gasteiger partial charge in [-0.15, -0.1) is 0 Å². The maximum atomic E-state index is 6.44. The molecule has 3 aromatic carbocycles. The first kappa shape index (κ1) is 20.2. The second-order valence-corrected chi connectivity index (χ2v) is 7.32. The molecule has 0 atom stereocenters. The molecule has 0 aliphatic heterocycles. The van der Waals surface area contributed by atoms with Crippen molar-refractivity contribution in [2.75, 3.05) is 7.11 Å². The van der Waals surface area contributed by atoms with Gasteiger partial charge in [0.25, 0.3) is 0 Å². The zero-order valence-electron chi connectivity index (χ0n) is 16.0. The summed E-state index contributed by atoms with van der Waals surface area (Å²) in [6.07, 6.45) is 1.77. The van der Waals surface area contributed by atoms with Crippen LogP contribution in [0, 0.1) is 13.8 Å². The minimum Gasteiger partial charge on any atom is -0.493 e. The molecule has 0 saturated carbocycles. The lowest BCUT2D eigenvalue weighted by molar-refractivity contribution is 0.284. The highest BCUT2D eigenvalue weighted by molar-refractivity contribution is 6.32. The molecule has 0 aliphatic carbocycles. The van der Waals surface area contributed by atoms with Crippen LogP contribution in [0.5, 0.6) is 11.5 Å². The third-order valence-corrected chi connectivity index (χ3v) is 4.93. The fourth-order valence-corrected chi connectivity index (χ4v) is 3.05. The molecule has 3 nitrogen and oxygen atoms in total. The largest absolute Gasteiger partial charge is 0.493 e. The van der Waals surface area contributed by atoms with Crippen LogP contribution in [0.2, 0.25) is 10.0 Å². The van der Waals surface area contributed by atoms with Crippen molar-refractivity contribution >= 4 is 35.1 Å². The summed E-state index contributed by atoms with van der Waals surface area (Å²) in [7, 11) is 1.59. The molecular weight excluding hydrogens is 393 g/mol. The van der Waals surface area contributed by atoms with Gasteiger partial charge in [0.05, 0.1) is 17.8 Å². The number of methoxy groups -OCH3 is 1. The Hall–Kier alpha value is -2.49. The number of nitrogens with zero attached hydrogens (tertiary/aromatic N) is 1. The first-order chi connectivity index (χ1) is 13.5. The number of hydrogen-bond donors (Lipinski definition) is 0. The quantitative estimate of drug-likeness (QED) is 0.409. The third-order valence-electron chi connectivity index (χ3n) is 4.40. The Morgan fingerprint density at radius 3 is 2.36 bits per heavy atom. The van der Waals surface area contributed by atoms with Crippen molar-refractivity contribution in [2.24, 2.45) is 4.99 Å². The summed E-state index contributed by atoms with van der Waals surface area (Å²) in [5.41, 5.74) is 5.16. The van der Waals surface area contributed by atoms with Gasteiger partial charge in [0.1, 0.15) is 6.61 Å². The van der Waals surface area contributed by atoms with Crippen molar-refractivity contribution in [1.82, 2.24) is 0 Å².